The van der Waals surface area contributed by atoms with Crippen molar-refractivity contribution in [2.45, 2.75) is 82.4 Å². The number of aromatic nitrogens is 1. The predicted octanol–water partition coefficient (Wildman–Crippen LogP) is 3.70. The Bertz CT molecular complexity index is 897. The van der Waals surface area contributed by atoms with E-state index in [1.807, 2.05) is 45.9 Å². The minimum absolute atomic E-state index is 0.0106. The van der Waals surface area contributed by atoms with Gasteiger partial charge in [0.2, 0.25) is 5.91 Å². The first kappa shape index (κ1) is 31.1. The molecule has 12 heteroatoms. The molecular formula is C25H37N3O7S2. The van der Waals surface area contributed by atoms with Crippen molar-refractivity contribution in [3.8, 4) is 0 Å². The van der Waals surface area contributed by atoms with Gasteiger partial charge in [-0.15, -0.1) is 5.06 Å². The van der Waals surface area contributed by atoms with Crippen molar-refractivity contribution in [1.29, 1.82) is 0 Å². The standard InChI is InChI=1S/C25H37N3O7S2/c1-24(2,12-15-26-19(29)11-18-36-37-20-7-5-6-14-27-20)34-17-13-25(3,4)33-16-10-23(32)35-28-21(30)8-9-22(28)31/h5-7,14H,8-13,15-18H2,1-4H3,(H,26,29). The first-order chi connectivity index (χ1) is 17.5. The Kier molecular flexibility index (Phi) is 12.9. The Balaban J connectivity index is 1.53. The number of nitrogens with one attached hydrogen (secondary N) is 1. The summed E-state index contributed by atoms with van der Waals surface area (Å²) in [6, 6.07) is 5.75. The molecule has 1 aliphatic rings. The molecule has 1 fully saturated rings. The Morgan fingerprint density at radius 2 is 1.68 bits per heavy atom. The van der Waals surface area contributed by atoms with Gasteiger partial charge in [-0.3, -0.25) is 14.4 Å². The highest BCUT2D eigenvalue weighted by Gasteiger charge is 2.33. The lowest BCUT2D eigenvalue weighted by Crippen LogP contribution is -2.35. The van der Waals surface area contributed by atoms with Gasteiger partial charge in [0.1, 0.15) is 5.03 Å². The van der Waals surface area contributed by atoms with E-state index in [0.717, 1.165) is 5.03 Å². The molecule has 206 valence electrons. The fourth-order valence-corrected chi connectivity index (χ4v) is 5.03. The van der Waals surface area contributed by atoms with Crippen molar-refractivity contribution >= 4 is 45.3 Å². The van der Waals surface area contributed by atoms with E-state index in [1.165, 1.54) is 0 Å². The minimum atomic E-state index is -0.690. The van der Waals surface area contributed by atoms with Crippen LogP contribution in [0.3, 0.4) is 0 Å². The summed E-state index contributed by atoms with van der Waals surface area (Å²) in [4.78, 5) is 56.1. The minimum Gasteiger partial charge on any atom is -0.375 e. The van der Waals surface area contributed by atoms with Crippen LogP contribution in [0.5, 0.6) is 0 Å². The first-order valence-electron chi connectivity index (χ1n) is 12.3. The number of rotatable bonds is 17. The summed E-state index contributed by atoms with van der Waals surface area (Å²) < 4.78 is 11.8. The third-order valence-electron chi connectivity index (χ3n) is 5.44. The maximum Gasteiger partial charge on any atom is 0.335 e. The van der Waals surface area contributed by atoms with E-state index in [-0.39, 0.29) is 31.8 Å². The van der Waals surface area contributed by atoms with Gasteiger partial charge in [-0.25, -0.2) is 9.78 Å². The molecule has 0 saturated carbocycles. The van der Waals surface area contributed by atoms with Crippen molar-refractivity contribution in [2.75, 3.05) is 25.5 Å². The number of imide groups is 1. The zero-order valence-electron chi connectivity index (χ0n) is 21.9. The Hall–Kier alpha value is -2.15. The van der Waals surface area contributed by atoms with E-state index in [9.17, 15) is 19.2 Å². The molecule has 0 spiro atoms. The lowest BCUT2D eigenvalue weighted by atomic mass is 10.0. The topological polar surface area (TPSA) is 124 Å². The Labute approximate surface area is 226 Å². The third-order valence-corrected chi connectivity index (χ3v) is 7.71. The molecule has 37 heavy (non-hydrogen) atoms. The quantitative estimate of drug-likeness (QED) is 0.173. The summed E-state index contributed by atoms with van der Waals surface area (Å²) >= 11 is 0. The second-order valence-electron chi connectivity index (χ2n) is 9.68. The number of carbonyl (C=O) groups is 4. The molecule has 0 radical (unpaired) electrons. The summed E-state index contributed by atoms with van der Waals surface area (Å²) in [5, 5.41) is 4.40. The SMILES string of the molecule is CC(C)(CCNC(=O)CCSSc1ccccn1)OCCC(C)(C)OCCC(=O)ON1C(=O)CCC1=O. The summed E-state index contributed by atoms with van der Waals surface area (Å²) in [6.45, 7) is 8.80. The smallest absolute Gasteiger partial charge is 0.335 e. The highest BCUT2D eigenvalue weighted by molar-refractivity contribution is 8.76. The van der Waals surface area contributed by atoms with Gasteiger partial charge < -0.3 is 19.6 Å². The molecule has 1 aliphatic heterocycles. The van der Waals surface area contributed by atoms with Crippen LogP contribution in [0.2, 0.25) is 0 Å². The Morgan fingerprint density at radius 1 is 1.00 bits per heavy atom. The number of hydroxylamine groups is 2. The van der Waals surface area contributed by atoms with E-state index in [4.69, 9.17) is 14.3 Å². The third kappa shape index (κ3) is 12.8. The van der Waals surface area contributed by atoms with Gasteiger partial charge in [-0.05, 0) is 63.5 Å². The van der Waals surface area contributed by atoms with Crippen LogP contribution in [0.1, 0.15) is 66.2 Å². The molecule has 0 aromatic carbocycles. The van der Waals surface area contributed by atoms with Gasteiger partial charge in [0, 0.05) is 37.8 Å². The van der Waals surface area contributed by atoms with Gasteiger partial charge in [0.05, 0.1) is 30.8 Å². The average molecular weight is 556 g/mol. The van der Waals surface area contributed by atoms with E-state index in [1.54, 1.807) is 27.8 Å². The maximum absolute atomic E-state index is 12.1. The number of nitrogens with zero attached hydrogens (tertiary/aromatic N) is 2. The van der Waals surface area contributed by atoms with Gasteiger partial charge in [0.25, 0.3) is 11.8 Å². The molecule has 1 N–H and O–H groups in total. The van der Waals surface area contributed by atoms with E-state index in [2.05, 4.69) is 10.3 Å². The maximum atomic E-state index is 12.1. The summed E-state index contributed by atoms with van der Waals surface area (Å²) in [7, 11) is 3.16. The molecule has 0 atom stereocenters. The van der Waals surface area contributed by atoms with Crippen LogP contribution in [0, 0.1) is 0 Å². The molecule has 1 aromatic heterocycles. The van der Waals surface area contributed by atoms with E-state index in [0.29, 0.717) is 43.2 Å². The molecule has 1 aromatic rings. The van der Waals surface area contributed by atoms with E-state index >= 15 is 0 Å². The van der Waals surface area contributed by atoms with Gasteiger partial charge in [-0.2, -0.15) is 0 Å². The van der Waals surface area contributed by atoms with Crippen LogP contribution in [0.25, 0.3) is 0 Å². The van der Waals surface area contributed by atoms with Crippen LogP contribution in [0.15, 0.2) is 29.4 Å². The average Bonchev–Trinajstić information content (AvgIpc) is 3.14. The van der Waals surface area contributed by atoms with E-state index < -0.39 is 29.0 Å². The highest BCUT2D eigenvalue weighted by Crippen LogP contribution is 2.29. The molecule has 0 aliphatic carbocycles. The van der Waals surface area contributed by atoms with Gasteiger partial charge >= 0.3 is 5.97 Å². The molecular weight excluding hydrogens is 518 g/mol. The molecule has 10 nitrogen and oxygen atoms in total. The largest absolute Gasteiger partial charge is 0.375 e. The summed E-state index contributed by atoms with van der Waals surface area (Å²) in [5.74, 6) is -0.989. The molecule has 1 saturated heterocycles. The van der Waals surface area contributed by atoms with Crippen molar-refractivity contribution < 1.29 is 33.5 Å². The van der Waals surface area contributed by atoms with Crippen molar-refractivity contribution in [1.82, 2.24) is 15.4 Å². The van der Waals surface area contributed by atoms with Crippen LogP contribution in [-0.4, -0.2) is 70.5 Å². The predicted molar refractivity (Wildman–Crippen MR) is 141 cm³/mol. The molecule has 0 unspecified atom stereocenters. The molecule has 3 amide bonds. The van der Waals surface area contributed by atoms with Crippen molar-refractivity contribution in [3.05, 3.63) is 24.4 Å². The number of hydrogen-bond acceptors (Lipinski definition) is 10. The monoisotopic (exact) mass is 555 g/mol. The van der Waals surface area contributed by atoms with Crippen LogP contribution >= 0.6 is 21.6 Å². The Morgan fingerprint density at radius 3 is 2.35 bits per heavy atom. The number of pyridine rings is 1. The number of ether oxygens (including phenoxy) is 2. The fourth-order valence-electron chi connectivity index (χ4n) is 3.16. The van der Waals surface area contributed by atoms with Crippen LogP contribution in [-0.2, 0) is 33.5 Å². The van der Waals surface area contributed by atoms with Crippen LogP contribution in [0.4, 0.5) is 0 Å². The lowest BCUT2D eigenvalue weighted by molar-refractivity contribution is -0.198. The normalized spacial score (nSPS) is 14.2. The number of hydrogen-bond donors (Lipinski definition) is 1. The molecule has 2 rings (SSSR count). The van der Waals surface area contributed by atoms with Crippen LogP contribution < -0.4 is 5.32 Å². The highest BCUT2D eigenvalue weighted by atomic mass is 33.1. The fraction of sp³-hybridized carbons (Fsp3) is 0.640. The lowest BCUT2D eigenvalue weighted by Gasteiger charge is -2.30. The summed E-state index contributed by atoms with van der Waals surface area (Å²) in [6.07, 6.45) is 3.48. The first-order valence-corrected chi connectivity index (χ1v) is 14.6. The zero-order valence-corrected chi connectivity index (χ0v) is 23.6. The molecule has 0 bridgehead atoms. The summed E-state index contributed by atoms with van der Waals surface area (Å²) in [5.41, 5.74) is -0.972. The second kappa shape index (κ2) is 15.3. The molecule has 2 heterocycles. The number of carbonyl (C=O) groups excluding carboxylic acids is 4. The van der Waals surface area contributed by atoms with Gasteiger partial charge in [0.15, 0.2) is 0 Å². The van der Waals surface area contributed by atoms with Crippen molar-refractivity contribution in [3.63, 3.8) is 0 Å². The van der Waals surface area contributed by atoms with Gasteiger partial charge in [-0.1, -0.05) is 16.9 Å². The van der Waals surface area contributed by atoms with Crippen molar-refractivity contribution in [2.24, 2.45) is 0 Å². The zero-order chi connectivity index (χ0) is 27.3. The second-order valence-corrected chi connectivity index (χ2v) is 12.1. The number of amides is 3.